The number of furan rings is 1. The Morgan fingerprint density at radius 2 is 2.14 bits per heavy atom. The minimum absolute atomic E-state index is 0.0142. The molecule has 0 saturated carbocycles. The van der Waals surface area contributed by atoms with Gasteiger partial charge in [-0.2, -0.15) is 24.9 Å². The summed E-state index contributed by atoms with van der Waals surface area (Å²) >= 11 is 1.32. The molecule has 1 aliphatic heterocycles. The highest BCUT2D eigenvalue weighted by Gasteiger charge is 2.35. The van der Waals surface area contributed by atoms with Crippen LogP contribution in [0.2, 0.25) is 0 Å². The molecule has 10 heteroatoms. The Labute approximate surface area is 164 Å². The van der Waals surface area contributed by atoms with E-state index < -0.39 is 24.0 Å². The maximum absolute atomic E-state index is 12.6. The van der Waals surface area contributed by atoms with E-state index in [0.717, 1.165) is 25.0 Å². The zero-order valence-corrected chi connectivity index (χ0v) is 15.8. The lowest BCUT2D eigenvalue weighted by Crippen LogP contribution is -2.32. The van der Waals surface area contributed by atoms with Crippen molar-refractivity contribution in [2.45, 2.75) is 44.0 Å². The van der Waals surface area contributed by atoms with Gasteiger partial charge in [0.15, 0.2) is 0 Å². The standard InChI is InChI=1S/C18H22F3NO5S/c19-18(20,21)15-7-6-14(27-15)13(23)5-3-12-4-8-16(24)22(12)9-1-2-10-28-11-17(25)26/h3,5-7,12-13,23H,1-2,4,8-11H2,(H,25,26)/t12?,13-/m1/s1. The van der Waals surface area contributed by atoms with E-state index in [0.29, 0.717) is 25.1 Å². The number of halogens is 3. The number of amides is 1. The smallest absolute Gasteiger partial charge is 0.449 e. The van der Waals surface area contributed by atoms with E-state index in [2.05, 4.69) is 4.42 Å². The van der Waals surface area contributed by atoms with Crippen LogP contribution in [0.1, 0.15) is 43.3 Å². The van der Waals surface area contributed by atoms with Crippen molar-refractivity contribution in [1.82, 2.24) is 4.90 Å². The van der Waals surface area contributed by atoms with Crippen LogP contribution in [-0.2, 0) is 15.8 Å². The summed E-state index contributed by atoms with van der Waals surface area (Å²) in [5.41, 5.74) is 0. The van der Waals surface area contributed by atoms with E-state index in [1.165, 1.54) is 17.8 Å². The molecule has 1 saturated heterocycles. The van der Waals surface area contributed by atoms with E-state index in [1.54, 1.807) is 11.0 Å². The van der Waals surface area contributed by atoms with Gasteiger partial charge in [-0.15, -0.1) is 0 Å². The summed E-state index contributed by atoms with van der Waals surface area (Å²) in [5, 5.41) is 18.6. The first kappa shape index (κ1) is 22.4. The Hall–Kier alpha value is -1.94. The molecule has 1 unspecified atom stereocenters. The van der Waals surface area contributed by atoms with Crippen molar-refractivity contribution in [3.8, 4) is 0 Å². The number of rotatable bonds is 10. The third kappa shape index (κ3) is 6.59. The lowest BCUT2D eigenvalue weighted by atomic mass is 10.1. The molecule has 2 N–H and O–H groups in total. The SMILES string of the molecule is O=C(O)CSCCCCN1C(=O)CCC1C=C[C@@H](O)c1ccc(C(F)(F)F)o1. The van der Waals surface area contributed by atoms with Gasteiger partial charge in [0.05, 0.1) is 11.8 Å². The van der Waals surface area contributed by atoms with Gasteiger partial charge < -0.3 is 19.5 Å². The highest BCUT2D eigenvalue weighted by molar-refractivity contribution is 7.99. The predicted octanol–water partition coefficient (Wildman–Crippen LogP) is 3.48. The van der Waals surface area contributed by atoms with Gasteiger partial charge in [-0.05, 0) is 37.1 Å². The summed E-state index contributed by atoms with van der Waals surface area (Å²) in [6, 6.07) is 1.61. The van der Waals surface area contributed by atoms with Crippen LogP contribution in [0.15, 0.2) is 28.7 Å². The fourth-order valence-electron chi connectivity index (χ4n) is 2.88. The Bertz CT molecular complexity index is 704. The first-order chi connectivity index (χ1) is 13.2. The average Bonchev–Trinajstić information content (AvgIpc) is 3.23. The summed E-state index contributed by atoms with van der Waals surface area (Å²) in [7, 11) is 0. The Kier molecular flexibility index (Phi) is 7.99. The van der Waals surface area contributed by atoms with E-state index in [4.69, 9.17) is 5.11 Å². The molecule has 2 rings (SSSR count). The maximum Gasteiger partial charge on any atom is 0.449 e. The third-order valence-electron chi connectivity index (χ3n) is 4.25. The molecule has 156 valence electrons. The fourth-order valence-corrected chi connectivity index (χ4v) is 3.61. The van der Waals surface area contributed by atoms with Crippen LogP contribution in [0.25, 0.3) is 0 Å². The second-order valence-electron chi connectivity index (χ2n) is 6.38. The molecular weight excluding hydrogens is 399 g/mol. The number of carbonyl (C=O) groups is 2. The predicted molar refractivity (Wildman–Crippen MR) is 96.7 cm³/mol. The number of carboxylic acid groups (broad SMARTS) is 1. The number of thioether (sulfide) groups is 1. The number of nitrogens with zero attached hydrogens (tertiary/aromatic N) is 1. The first-order valence-corrected chi connectivity index (χ1v) is 9.96. The van der Waals surface area contributed by atoms with Crippen LogP contribution in [-0.4, -0.2) is 51.1 Å². The molecule has 1 amide bonds. The number of carbonyl (C=O) groups excluding carboxylic acids is 1. The minimum atomic E-state index is -4.61. The van der Waals surface area contributed by atoms with Crippen LogP contribution in [0.4, 0.5) is 13.2 Å². The number of alkyl halides is 3. The Morgan fingerprint density at radius 1 is 1.39 bits per heavy atom. The van der Waals surface area contributed by atoms with Gasteiger partial charge >= 0.3 is 12.1 Å². The summed E-state index contributed by atoms with van der Waals surface area (Å²) in [4.78, 5) is 24.1. The molecular formula is C18H22F3NO5S. The van der Waals surface area contributed by atoms with Crippen LogP contribution in [0.3, 0.4) is 0 Å². The van der Waals surface area contributed by atoms with Gasteiger partial charge in [0, 0.05) is 13.0 Å². The molecule has 2 heterocycles. The highest BCUT2D eigenvalue weighted by Crippen LogP contribution is 2.32. The van der Waals surface area contributed by atoms with Gasteiger partial charge in [-0.3, -0.25) is 9.59 Å². The third-order valence-corrected chi connectivity index (χ3v) is 5.28. The molecule has 1 aromatic heterocycles. The molecule has 2 atom stereocenters. The number of hydrogen-bond donors (Lipinski definition) is 2. The van der Waals surface area contributed by atoms with Gasteiger partial charge in [0.25, 0.3) is 0 Å². The maximum atomic E-state index is 12.6. The van der Waals surface area contributed by atoms with Crippen molar-refractivity contribution in [2.24, 2.45) is 0 Å². The van der Waals surface area contributed by atoms with Crippen LogP contribution >= 0.6 is 11.8 Å². The Morgan fingerprint density at radius 3 is 2.79 bits per heavy atom. The van der Waals surface area contributed by atoms with Crippen molar-refractivity contribution in [3.63, 3.8) is 0 Å². The quantitative estimate of drug-likeness (QED) is 0.444. The average molecular weight is 421 g/mol. The van der Waals surface area contributed by atoms with Crippen LogP contribution < -0.4 is 0 Å². The first-order valence-electron chi connectivity index (χ1n) is 8.81. The number of aliphatic hydroxyl groups excluding tert-OH is 1. The number of carboxylic acids is 1. The largest absolute Gasteiger partial charge is 0.481 e. The lowest BCUT2D eigenvalue weighted by molar-refractivity contribution is -0.153. The molecule has 0 aliphatic carbocycles. The van der Waals surface area contributed by atoms with Crippen molar-refractivity contribution >= 4 is 23.6 Å². The van der Waals surface area contributed by atoms with E-state index in [1.807, 2.05) is 0 Å². The van der Waals surface area contributed by atoms with Crippen LogP contribution in [0, 0.1) is 0 Å². The number of unbranched alkanes of at least 4 members (excludes halogenated alkanes) is 1. The van der Waals surface area contributed by atoms with Gasteiger partial charge in [0.2, 0.25) is 11.7 Å². The Balaban J connectivity index is 1.84. The molecule has 1 aliphatic rings. The summed E-state index contributed by atoms with van der Waals surface area (Å²) in [5.74, 6) is -1.52. The molecule has 0 spiro atoms. The summed E-state index contributed by atoms with van der Waals surface area (Å²) < 4.78 is 42.3. The fraction of sp³-hybridized carbons (Fsp3) is 0.556. The molecule has 6 nitrogen and oxygen atoms in total. The minimum Gasteiger partial charge on any atom is -0.481 e. The highest BCUT2D eigenvalue weighted by atomic mass is 32.2. The topological polar surface area (TPSA) is 91.0 Å². The molecule has 0 radical (unpaired) electrons. The summed E-state index contributed by atoms with van der Waals surface area (Å²) in [6.45, 7) is 0.510. The normalized spacial score (nSPS) is 18.9. The lowest BCUT2D eigenvalue weighted by Gasteiger charge is -2.22. The van der Waals surface area contributed by atoms with Gasteiger partial charge in [-0.1, -0.05) is 12.2 Å². The second-order valence-corrected chi connectivity index (χ2v) is 7.48. The van der Waals surface area contributed by atoms with Crippen molar-refractivity contribution in [3.05, 3.63) is 35.8 Å². The zero-order valence-electron chi connectivity index (χ0n) is 15.0. The molecule has 1 aromatic rings. The molecule has 28 heavy (non-hydrogen) atoms. The monoisotopic (exact) mass is 421 g/mol. The number of aliphatic hydroxyl groups is 1. The van der Waals surface area contributed by atoms with Crippen molar-refractivity contribution in [2.75, 3.05) is 18.1 Å². The number of aliphatic carboxylic acids is 1. The second kappa shape index (κ2) is 10.0. The van der Waals surface area contributed by atoms with Crippen LogP contribution in [0.5, 0.6) is 0 Å². The number of hydrogen-bond acceptors (Lipinski definition) is 5. The van der Waals surface area contributed by atoms with Gasteiger partial charge in [0.1, 0.15) is 11.9 Å². The van der Waals surface area contributed by atoms with E-state index >= 15 is 0 Å². The molecule has 1 fully saturated rings. The molecule has 0 aromatic carbocycles. The van der Waals surface area contributed by atoms with Crippen molar-refractivity contribution in [1.29, 1.82) is 0 Å². The molecule has 0 bridgehead atoms. The zero-order chi connectivity index (χ0) is 20.7. The van der Waals surface area contributed by atoms with Gasteiger partial charge in [-0.25, -0.2) is 0 Å². The summed E-state index contributed by atoms with van der Waals surface area (Å²) in [6.07, 6.45) is -0.562. The van der Waals surface area contributed by atoms with E-state index in [9.17, 15) is 27.9 Å². The van der Waals surface area contributed by atoms with Crippen molar-refractivity contribution < 1.29 is 37.4 Å². The van der Waals surface area contributed by atoms with E-state index in [-0.39, 0.29) is 23.5 Å². The number of likely N-dealkylation sites (tertiary alicyclic amines) is 1.